The average molecular weight is 665 g/mol. The first-order valence-corrected chi connectivity index (χ1v) is 17.4. The Morgan fingerprint density at radius 1 is 0.500 bits per heavy atom. The molecule has 0 bridgehead atoms. The number of hydrogen-bond donors (Lipinski definition) is 0. The predicted molar refractivity (Wildman–Crippen MR) is 212 cm³/mol. The van der Waals surface area contributed by atoms with E-state index in [-0.39, 0.29) is 0 Å². The van der Waals surface area contributed by atoms with Crippen LogP contribution >= 0.6 is 0 Å². The van der Waals surface area contributed by atoms with E-state index >= 15 is 0 Å². The number of fused-ring (bicyclic) bond motifs is 7. The topological polar surface area (TPSA) is 55.1 Å². The van der Waals surface area contributed by atoms with Crippen LogP contribution < -0.4 is 4.90 Å². The number of pyridine rings is 1. The summed E-state index contributed by atoms with van der Waals surface area (Å²) in [4.78, 5) is 17.3. The molecule has 242 valence electrons. The van der Waals surface area contributed by atoms with Crippen molar-refractivity contribution in [2.24, 2.45) is 0 Å². The molecule has 0 aliphatic carbocycles. The lowest BCUT2D eigenvalue weighted by Crippen LogP contribution is -2.15. The van der Waals surface area contributed by atoms with Crippen LogP contribution in [-0.2, 0) is 0 Å². The van der Waals surface area contributed by atoms with Gasteiger partial charge in [0.15, 0.2) is 11.4 Å². The van der Waals surface area contributed by atoms with Crippen molar-refractivity contribution in [2.45, 2.75) is 0 Å². The quantitative estimate of drug-likeness (QED) is 0.187. The molecule has 4 heterocycles. The molecule has 52 heavy (non-hydrogen) atoms. The van der Waals surface area contributed by atoms with E-state index in [1.165, 1.54) is 44.0 Å². The molecule has 5 nitrogen and oxygen atoms in total. The summed E-state index contributed by atoms with van der Waals surface area (Å²) in [5.74, 6) is 0.645. The fourth-order valence-corrected chi connectivity index (χ4v) is 7.84. The molecule has 5 heteroatoms. The Morgan fingerprint density at radius 3 is 2.08 bits per heavy atom. The Morgan fingerprint density at radius 2 is 1.23 bits per heavy atom. The number of aromatic nitrogens is 3. The van der Waals surface area contributed by atoms with Gasteiger partial charge in [0.25, 0.3) is 0 Å². The molecule has 11 rings (SSSR count). The van der Waals surface area contributed by atoms with Crippen LogP contribution in [0, 0.1) is 0 Å². The summed E-state index contributed by atoms with van der Waals surface area (Å²) in [5.41, 5.74) is 12.8. The summed E-state index contributed by atoms with van der Waals surface area (Å²) >= 11 is 0. The van der Waals surface area contributed by atoms with Crippen molar-refractivity contribution in [2.75, 3.05) is 4.90 Å². The van der Waals surface area contributed by atoms with Crippen molar-refractivity contribution in [3.05, 3.63) is 170 Å². The second-order valence-electron chi connectivity index (χ2n) is 13.2. The molecule has 1 aliphatic heterocycles. The third-order valence-electron chi connectivity index (χ3n) is 10.3. The van der Waals surface area contributed by atoms with Crippen LogP contribution in [0.15, 0.2) is 174 Å². The average Bonchev–Trinajstić information content (AvgIpc) is 3.60. The van der Waals surface area contributed by atoms with Gasteiger partial charge in [-0.1, -0.05) is 109 Å². The minimum atomic E-state index is 0.645. The lowest BCUT2D eigenvalue weighted by Gasteiger charge is -2.34. The molecule has 0 fully saturated rings. The zero-order chi connectivity index (χ0) is 34.2. The van der Waals surface area contributed by atoms with E-state index in [1.54, 1.807) is 0 Å². The molecule has 0 spiro atoms. The van der Waals surface area contributed by atoms with Crippen LogP contribution in [0.4, 0.5) is 17.1 Å². The molecule has 10 aromatic rings. The van der Waals surface area contributed by atoms with Gasteiger partial charge >= 0.3 is 0 Å². The van der Waals surface area contributed by atoms with E-state index in [0.717, 1.165) is 50.3 Å². The van der Waals surface area contributed by atoms with Gasteiger partial charge in [-0.3, -0.25) is 4.98 Å². The van der Waals surface area contributed by atoms with Crippen molar-refractivity contribution < 1.29 is 4.42 Å². The molecule has 0 atom stereocenters. The summed E-state index contributed by atoms with van der Waals surface area (Å²) in [5, 5.41) is 5.88. The van der Waals surface area contributed by atoms with Crippen LogP contribution in [0.25, 0.3) is 88.6 Å². The first-order chi connectivity index (χ1) is 25.8. The van der Waals surface area contributed by atoms with Gasteiger partial charge in [0.1, 0.15) is 16.8 Å². The number of benzene rings is 7. The van der Waals surface area contributed by atoms with Gasteiger partial charge in [-0.05, 0) is 70.9 Å². The van der Waals surface area contributed by atoms with Crippen molar-refractivity contribution in [3.8, 4) is 45.0 Å². The van der Waals surface area contributed by atoms with Gasteiger partial charge in [-0.15, -0.1) is 0 Å². The third-order valence-corrected chi connectivity index (χ3v) is 10.3. The number of para-hydroxylation sites is 1. The Kier molecular flexibility index (Phi) is 6.18. The van der Waals surface area contributed by atoms with Gasteiger partial charge in [0.05, 0.1) is 17.1 Å². The third kappa shape index (κ3) is 4.33. The summed E-state index contributed by atoms with van der Waals surface area (Å²) in [6, 6.07) is 57.3. The summed E-state index contributed by atoms with van der Waals surface area (Å²) in [7, 11) is 0. The summed E-state index contributed by atoms with van der Waals surface area (Å²) in [6.07, 6.45) is 1.81. The van der Waals surface area contributed by atoms with Crippen molar-refractivity contribution in [1.29, 1.82) is 0 Å². The largest absolute Gasteiger partial charge is 0.452 e. The van der Waals surface area contributed by atoms with E-state index in [2.05, 4.69) is 137 Å². The normalized spacial score (nSPS) is 12.2. The number of anilines is 3. The van der Waals surface area contributed by atoms with E-state index in [9.17, 15) is 0 Å². The van der Waals surface area contributed by atoms with Crippen molar-refractivity contribution in [1.82, 2.24) is 15.0 Å². The van der Waals surface area contributed by atoms with E-state index in [4.69, 9.17) is 14.4 Å². The highest BCUT2D eigenvalue weighted by Gasteiger charge is 2.28. The maximum atomic E-state index is 6.42. The molecular weight excluding hydrogens is 637 g/mol. The van der Waals surface area contributed by atoms with Crippen LogP contribution in [0.3, 0.4) is 0 Å². The van der Waals surface area contributed by atoms with Gasteiger partial charge in [0.2, 0.25) is 0 Å². The molecule has 0 radical (unpaired) electrons. The number of furan rings is 1. The SMILES string of the molecule is c1ccc(-c2ccc(-c3nc(-c4ccc(N5c6c(ccc7ccccc67)-c6cccc7cccc5c67)cc4)nc4c3oc3ccccc34)cc2)nc1. The predicted octanol–water partition coefficient (Wildman–Crippen LogP) is 12.5. The molecule has 0 amide bonds. The monoisotopic (exact) mass is 664 g/mol. The van der Waals surface area contributed by atoms with Crippen LogP contribution in [0.1, 0.15) is 0 Å². The van der Waals surface area contributed by atoms with Gasteiger partial charge in [-0.25, -0.2) is 9.97 Å². The van der Waals surface area contributed by atoms with Gasteiger partial charge in [-0.2, -0.15) is 0 Å². The zero-order valence-electron chi connectivity index (χ0n) is 27.9. The molecule has 1 aliphatic rings. The minimum Gasteiger partial charge on any atom is -0.452 e. The second-order valence-corrected chi connectivity index (χ2v) is 13.2. The Balaban J connectivity index is 1.07. The summed E-state index contributed by atoms with van der Waals surface area (Å²) in [6.45, 7) is 0. The van der Waals surface area contributed by atoms with Crippen molar-refractivity contribution in [3.63, 3.8) is 0 Å². The Bertz CT molecular complexity index is 3000. The molecule has 7 aromatic carbocycles. The standard InChI is InChI=1S/C47H28N4O/c1-2-12-35-29(9-1)24-27-37-36-14-7-10-31-11-8-16-40(42(31)36)51(45(35)37)34-25-22-33(23-26-34)47-49-43(46-44(50-47)38-13-3-4-17-41(38)52-46)32-20-18-30(19-21-32)39-15-5-6-28-48-39/h1-28H. The maximum Gasteiger partial charge on any atom is 0.180 e. The van der Waals surface area contributed by atoms with Crippen LogP contribution in [0.2, 0.25) is 0 Å². The minimum absolute atomic E-state index is 0.645. The highest BCUT2D eigenvalue weighted by atomic mass is 16.3. The zero-order valence-corrected chi connectivity index (χ0v) is 27.9. The molecular formula is C47H28N4O. The first kappa shape index (κ1) is 28.7. The lowest BCUT2D eigenvalue weighted by molar-refractivity contribution is 0.667. The maximum absolute atomic E-state index is 6.42. The van der Waals surface area contributed by atoms with Crippen LogP contribution in [-0.4, -0.2) is 15.0 Å². The molecule has 0 saturated heterocycles. The molecule has 0 N–H and O–H groups in total. The summed E-state index contributed by atoms with van der Waals surface area (Å²) < 4.78 is 6.42. The van der Waals surface area contributed by atoms with E-state index < -0.39 is 0 Å². The fraction of sp³-hybridized carbons (Fsp3) is 0. The molecule has 0 saturated carbocycles. The van der Waals surface area contributed by atoms with Crippen molar-refractivity contribution >= 4 is 60.7 Å². The molecule has 0 unspecified atom stereocenters. The fourth-order valence-electron chi connectivity index (χ4n) is 7.84. The number of rotatable bonds is 4. The lowest BCUT2D eigenvalue weighted by atomic mass is 9.88. The highest BCUT2D eigenvalue weighted by molar-refractivity contribution is 6.18. The van der Waals surface area contributed by atoms with Gasteiger partial charge in [0, 0.05) is 50.3 Å². The Hall–Kier alpha value is -7.11. The first-order valence-electron chi connectivity index (χ1n) is 17.4. The smallest absolute Gasteiger partial charge is 0.180 e. The number of hydrogen-bond acceptors (Lipinski definition) is 5. The number of nitrogens with zero attached hydrogens (tertiary/aromatic N) is 4. The van der Waals surface area contributed by atoms with E-state index in [0.29, 0.717) is 11.4 Å². The highest BCUT2D eigenvalue weighted by Crippen LogP contribution is 2.53. The van der Waals surface area contributed by atoms with Crippen LogP contribution in [0.5, 0.6) is 0 Å². The second kappa shape index (κ2) is 11.2. The Labute approximate surface area is 299 Å². The van der Waals surface area contributed by atoms with Gasteiger partial charge < -0.3 is 9.32 Å². The van der Waals surface area contributed by atoms with E-state index in [1.807, 2.05) is 42.6 Å². The molecule has 3 aromatic heterocycles.